The van der Waals surface area contributed by atoms with Crippen LogP contribution in [0.5, 0.6) is 28.7 Å². The number of rotatable bonds is 29. The summed E-state index contributed by atoms with van der Waals surface area (Å²) in [6.45, 7) is 7.80. The molecule has 408 valence electrons. The monoisotopic (exact) mass is 1040 g/mol. The summed E-state index contributed by atoms with van der Waals surface area (Å²) in [5.74, 6) is 1.43. The molecule has 9 rings (SSSR count). The maximum Gasteiger partial charge on any atom is 0.239 e. The first-order valence-corrected chi connectivity index (χ1v) is 28.8. The van der Waals surface area contributed by atoms with Crippen molar-refractivity contribution in [1.82, 2.24) is 4.90 Å². The largest absolute Gasteiger partial charge is 0.459 e. The van der Waals surface area contributed by atoms with E-state index in [1.807, 2.05) is 65.6 Å². The van der Waals surface area contributed by atoms with Gasteiger partial charge in [0.2, 0.25) is 24.8 Å². The lowest BCUT2D eigenvalue weighted by Gasteiger charge is -2.60. The molecule has 3 heterocycles. The highest BCUT2D eigenvalue weighted by molar-refractivity contribution is 6.03. The molecule has 4 aromatic rings. The van der Waals surface area contributed by atoms with Gasteiger partial charge >= 0.3 is 0 Å². The summed E-state index contributed by atoms with van der Waals surface area (Å²) in [4.78, 5) is 24.0. The Bertz CT molecular complexity index is 2540. The van der Waals surface area contributed by atoms with Crippen molar-refractivity contribution in [3.8, 4) is 39.9 Å². The molecule has 0 bridgehead atoms. The van der Waals surface area contributed by atoms with Crippen LogP contribution in [0.25, 0.3) is 11.1 Å². The van der Waals surface area contributed by atoms with E-state index in [-0.39, 0.29) is 56.8 Å². The van der Waals surface area contributed by atoms with Crippen LogP contribution in [0.2, 0.25) is 0 Å². The minimum absolute atomic E-state index is 0.0145. The molecule has 2 fully saturated rings. The number of carbonyl (C=O) groups is 1. The molecule has 1 amide bonds. The number of benzene rings is 4. The second-order valence-corrected chi connectivity index (χ2v) is 21.5. The Hall–Kier alpha value is -5.66. The van der Waals surface area contributed by atoms with E-state index in [0.29, 0.717) is 61.0 Å². The molecule has 5 aliphatic rings. The van der Waals surface area contributed by atoms with Gasteiger partial charge in [-0.2, -0.15) is 0 Å². The number of fused-ring (bicyclic) bond motifs is 3. The van der Waals surface area contributed by atoms with Crippen molar-refractivity contribution in [2.24, 2.45) is 22.9 Å². The third kappa shape index (κ3) is 13.4. The predicted molar refractivity (Wildman–Crippen MR) is 297 cm³/mol. The Kier molecular flexibility index (Phi) is 20.0. The lowest BCUT2D eigenvalue weighted by atomic mass is 9.55. The van der Waals surface area contributed by atoms with Gasteiger partial charge in [-0.05, 0) is 122 Å². The van der Waals surface area contributed by atoms with E-state index in [1.165, 1.54) is 38.5 Å². The minimum Gasteiger partial charge on any atom is -0.459 e. The average Bonchev–Trinajstić information content (AvgIpc) is 4.08. The summed E-state index contributed by atoms with van der Waals surface area (Å²) in [6.07, 6.45) is 21.9. The molecule has 76 heavy (non-hydrogen) atoms. The number of aliphatic hydroxyl groups is 2. The molecule has 12 heteroatoms. The Morgan fingerprint density at radius 2 is 1.51 bits per heavy atom. The van der Waals surface area contributed by atoms with Crippen molar-refractivity contribution in [2.45, 2.75) is 166 Å². The van der Waals surface area contributed by atoms with Crippen LogP contribution in [-0.4, -0.2) is 78.1 Å². The summed E-state index contributed by atoms with van der Waals surface area (Å²) < 4.78 is 39.5. The molecule has 4 aromatic carbocycles. The number of unbranched alkanes of at least 4 members (excludes halogenated alkanes) is 10. The number of hydrogen-bond donors (Lipinski definition) is 2. The van der Waals surface area contributed by atoms with Crippen LogP contribution in [0.4, 0.5) is 0 Å². The minimum atomic E-state index is -1.41. The second-order valence-electron chi connectivity index (χ2n) is 21.5. The average molecular weight is 1040 g/mol. The zero-order chi connectivity index (χ0) is 52.5. The van der Waals surface area contributed by atoms with E-state index in [1.54, 1.807) is 6.08 Å². The number of nitrogens with zero attached hydrogens (tertiary/aromatic N) is 2. The molecule has 7 unspecified atom stereocenters. The molecule has 0 spiro atoms. The highest BCUT2D eigenvalue weighted by Gasteiger charge is 2.65. The summed E-state index contributed by atoms with van der Waals surface area (Å²) >= 11 is 0. The van der Waals surface area contributed by atoms with Crippen molar-refractivity contribution in [1.29, 1.82) is 0 Å². The first kappa shape index (κ1) is 55.1. The SMILES string of the molecule is C=CCOC12Oc3ccc(Oc4ccc(-c5ccccc5)cc4)cc3C3C(CCCCO)C(CCCCO)C=C(C(=NOC4CCCCO4)CC1N(Cc1ccc4c(c1)OCO4)C(=O)CCCCCCCCCCC)C32. The van der Waals surface area contributed by atoms with Crippen LogP contribution in [0, 0.1) is 17.8 Å². The highest BCUT2D eigenvalue weighted by Crippen LogP contribution is 2.62. The van der Waals surface area contributed by atoms with E-state index in [2.05, 4.69) is 49.9 Å². The Balaban J connectivity index is 1.16. The summed E-state index contributed by atoms with van der Waals surface area (Å²) in [5.41, 5.74) is 5.86. The summed E-state index contributed by atoms with van der Waals surface area (Å²) in [7, 11) is 0. The molecule has 3 aliphatic heterocycles. The lowest BCUT2D eigenvalue weighted by molar-refractivity contribution is -0.258. The van der Waals surface area contributed by atoms with Gasteiger partial charge in [-0.15, -0.1) is 6.58 Å². The molecule has 0 aromatic heterocycles. The van der Waals surface area contributed by atoms with Gasteiger partial charge in [0.05, 0.1) is 24.8 Å². The first-order chi connectivity index (χ1) is 37.4. The number of hydrogen-bond acceptors (Lipinski definition) is 11. The van der Waals surface area contributed by atoms with Crippen LogP contribution in [-0.2, 0) is 25.7 Å². The predicted octanol–water partition coefficient (Wildman–Crippen LogP) is 14.0. The number of aliphatic hydroxyl groups excluding tert-OH is 2. The fourth-order valence-corrected chi connectivity index (χ4v) is 12.4. The molecule has 2 N–H and O–H groups in total. The van der Waals surface area contributed by atoms with Crippen LogP contribution >= 0.6 is 0 Å². The van der Waals surface area contributed by atoms with Gasteiger partial charge in [0.25, 0.3) is 0 Å². The lowest BCUT2D eigenvalue weighted by Crippen LogP contribution is -2.70. The second kappa shape index (κ2) is 27.6. The number of oxime groups is 1. The van der Waals surface area contributed by atoms with Crippen LogP contribution in [0.1, 0.15) is 152 Å². The van der Waals surface area contributed by atoms with Gasteiger partial charge in [-0.1, -0.05) is 137 Å². The van der Waals surface area contributed by atoms with Crippen molar-refractivity contribution in [3.63, 3.8) is 0 Å². The molecule has 1 saturated heterocycles. The van der Waals surface area contributed by atoms with E-state index in [4.69, 9.17) is 38.4 Å². The van der Waals surface area contributed by atoms with Gasteiger partial charge < -0.3 is 48.4 Å². The molecule has 1 saturated carbocycles. The third-order valence-corrected chi connectivity index (χ3v) is 16.2. The van der Waals surface area contributed by atoms with Crippen molar-refractivity contribution in [3.05, 3.63) is 126 Å². The number of amides is 1. The Morgan fingerprint density at radius 1 is 0.789 bits per heavy atom. The van der Waals surface area contributed by atoms with E-state index >= 15 is 4.79 Å². The fourth-order valence-electron chi connectivity index (χ4n) is 12.4. The Labute approximate surface area is 451 Å². The van der Waals surface area contributed by atoms with E-state index in [9.17, 15) is 10.2 Å². The van der Waals surface area contributed by atoms with Crippen molar-refractivity contribution >= 4 is 11.6 Å². The number of allylic oxidation sites excluding steroid dienone is 1. The van der Waals surface area contributed by atoms with E-state index < -0.39 is 24.0 Å². The van der Waals surface area contributed by atoms with Crippen LogP contribution in [0.15, 0.2) is 120 Å². The standard InChI is InChI=1S/C64H82N2O10/c1-3-5-6-7-8-9-10-11-15-26-60(69)66(44-46-28-34-57-58(40-46)72-45-71-57)59-43-55(65-76-61-27-18-21-39-70-61)53-41-49(24-16-19-36-67)52(25-17-20-37-68)62-54-42-51(33-35-56(54)75-64(59,63(53)62)73-38-4-2)74-50-31-29-48(30-32-50)47-22-13-12-14-23-47/h4,12-14,22-23,28-35,40-42,49,52,59,61-63,67-68H,2-3,5-11,15-21,24-27,36-39,43-45H2,1H3. The third-order valence-electron chi connectivity index (χ3n) is 16.2. The normalized spacial score (nSPS) is 23.7. The maximum absolute atomic E-state index is 15.5. The molecular formula is C64H82N2O10. The van der Waals surface area contributed by atoms with Crippen LogP contribution < -0.4 is 18.9 Å². The Morgan fingerprint density at radius 3 is 2.26 bits per heavy atom. The number of ether oxygens (including phenoxy) is 6. The van der Waals surface area contributed by atoms with Gasteiger partial charge in [0.1, 0.15) is 23.3 Å². The zero-order valence-electron chi connectivity index (χ0n) is 44.9. The topological polar surface area (TPSA) is 138 Å². The van der Waals surface area contributed by atoms with Crippen molar-refractivity contribution < 1.29 is 48.3 Å². The number of carbonyl (C=O) groups excluding carboxylic acids is 1. The molecule has 0 radical (unpaired) electrons. The summed E-state index contributed by atoms with van der Waals surface area (Å²) in [5, 5.41) is 25.4. The quantitative estimate of drug-likeness (QED) is 0.0307. The fraction of sp³-hybridized carbons (Fsp3) is 0.531. The molecule has 2 aliphatic carbocycles. The van der Waals surface area contributed by atoms with Gasteiger partial charge in [0, 0.05) is 50.5 Å². The molecular weight excluding hydrogens is 957 g/mol. The smallest absolute Gasteiger partial charge is 0.239 e. The van der Waals surface area contributed by atoms with Gasteiger partial charge in [-0.3, -0.25) is 4.79 Å². The van der Waals surface area contributed by atoms with E-state index in [0.717, 1.165) is 97.7 Å². The highest BCUT2D eigenvalue weighted by atomic mass is 16.8. The zero-order valence-corrected chi connectivity index (χ0v) is 44.9. The molecule has 12 nitrogen and oxygen atoms in total. The molecule has 7 atom stereocenters. The first-order valence-electron chi connectivity index (χ1n) is 28.8. The van der Waals surface area contributed by atoms with Crippen LogP contribution in [0.3, 0.4) is 0 Å². The van der Waals surface area contributed by atoms with Crippen molar-refractivity contribution in [2.75, 3.05) is 33.2 Å². The van der Waals surface area contributed by atoms with Gasteiger partial charge in [0.15, 0.2) is 11.5 Å². The van der Waals surface area contributed by atoms with Gasteiger partial charge in [-0.25, -0.2) is 0 Å². The summed E-state index contributed by atoms with van der Waals surface area (Å²) in [6, 6.07) is 29.9. The maximum atomic E-state index is 15.5.